The number of fused-ring (bicyclic) bond motifs is 1. The molecular formula is C27H26ClN3OS. The van der Waals surface area contributed by atoms with Gasteiger partial charge in [-0.15, -0.1) is 11.8 Å². The quantitative estimate of drug-likeness (QED) is 0.480. The van der Waals surface area contributed by atoms with Crippen molar-refractivity contribution in [2.24, 2.45) is 0 Å². The molecule has 168 valence electrons. The highest BCUT2D eigenvalue weighted by Crippen LogP contribution is 2.41. The lowest BCUT2D eigenvalue weighted by Gasteiger charge is -2.36. The lowest BCUT2D eigenvalue weighted by atomic mass is 10.0. The van der Waals surface area contributed by atoms with Crippen molar-refractivity contribution < 1.29 is 4.74 Å². The lowest BCUT2D eigenvalue weighted by molar-refractivity contribution is 0.0693. The molecular weight excluding hydrogens is 450 g/mol. The lowest BCUT2D eigenvalue weighted by Crippen LogP contribution is -2.50. The number of thioether (sulfide) groups is 1. The monoisotopic (exact) mass is 475 g/mol. The Labute approximate surface area is 204 Å². The molecule has 0 bridgehead atoms. The van der Waals surface area contributed by atoms with Crippen molar-refractivity contribution in [2.45, 2.75) is 29.2 Å². The van der Waals surface area contributed by atoms with Crippen LogP contribution in [0.5, 0.6) is 5.75 Å². The van der Waals surface area contributed by atoms with Gasteiger partial charge in [-0.25, -0.2) is 0 Å². The normalized spacial score (nSPS) is 20.2. The first-order valence-electron chi connectivity index (χ1n) is 11.3. The maximum Gasteiger partial charge on any atom is 0.140 e. The van der Waals surface area contributed by atoms with Crippen molar-refractivity contribution in [3.8, 4) is 11.8 Å². The van der Waals surface area contributed by atoms with E-state index in [1.807, 2.05) is 23.9 Å². The average Bonchev–Trinajstić information content (AvgIpc) is 3.22. The Balaban J connectivity index is 1.36. The number of ether oxygens (including phenoxy) is 1. The molecule has 2 aliphatic rings. The molecule has 1 aliphatic carbocycles. The van der Waals surface area contributed by atoms with Gasteiger partial charge in [0, 0.05) is 41.8 Å². The third kappa shape index (κ3) is 5.05. The molecule has 0 radical (unpaired) electrons. The molecule has 6 heteroatoms. The second-order valence-electron chi connectivity index (χ2n) is 8.47. The second-order valence-corrected chi connectivity index (χ2v) is 9.96. The van der Waals surface area contributed by atoms with Crippen molar-refractivity contribution in [1.29, 1.82) is 5.26 Å². The van der Waals surface area contributed by atoms with Crippen molar-refractivity contribution in [3.63, 3.8) is 0 Å². The summed E-state index contributed by atoms with van der Waals surface area (Å²) in [5.74, 6) is 1.79. The van der Waals surface area contributed by atoms with E-state index in [-0.39, 0.29) is 12.1 Å². The summed E-state index contributed by atoms with van der Waals surface area (Å²) in [7, 11) is 0. The van der Waals surface area contributed by atoms with Crippen molar-refractivity contribution in [3.05, 3.63) is 94.0 Å². The smallest absolute Gasteiger partial charge is 0.140 e. The van der Waals surface area contributed by atoms with Crippen LogP contribution >= 0.6 is 23.4 Å². The van der Waals surface area contributed by atoms with Crippen LogP contribution in [0, 0.1) is 11.3 Å². The van der Waals surface area contributed by atoms with E-state index in [2.05, 4.69) is 64.8 Å². The summed E-state index contributed by atoms with van der Waals surface area (Å²) in [4.78, 5) is 3.70. The molecule has 3 aromatic rings. The van der Waals surface area contributed by atoms with Gasteiger partial charge < -0.3 is 10.1 Å². The Morgan fingerprint density at radius 1 is 1.06 bits per heavy atom. The molecule has 0 aromatic heterocycles. The predicted octanol–water partition coefficient (Wildman–Crippen LogP) is 5.45. The Morgan fingerprint density at radius 3 is 2.55 bits per heavy atom. The second kappa shape index (κ2) is 10.2. The Bertz CT molecular complexity index is 1140. The third-order valence-electron chi connectivity index (χ3n) is 6.39. The fourth-order valence-electron chi connectivity index (χ4n) is 4.74. The predicted molar refractivity (Wildman–Crippen MR) is 134 cm³/mol. The van der Waals surface area contributed by atoms with Gasteiger partial charge in [-0.05, 0) is 59.5 Å². The molecule has 0 saturated carbocycles. The topological polar surface area (TPSA) is 48.3 Å². The summed E-state index contributed by atoms with van der Waals surface area (Å²) < 4.78 is 6.60. The molecule has 1 saturated heterocycles. The van der Waals surface area contributed by atoms with E-state index in [0.29, 0.717) is 10.6 Å². The van der Waals surface area contributed by atoms with Gasteiger partial charge in [0.2, 0.25) is 0 Å². The van der Waals surface area contributed by atoms with Crippen LogP contribution in [-0.4, -0.2) is 37.1 Å². The zero-order chi connectivity index (χ0) is 22.6. The van der Waals surface area contributed by atoms with Gasteiger partial charge in [-0.1, -0.05) is 41.9 Å². The van der Waals surface area contributed by atoms with Gasteiger partial charge in [0.15, 0.2) is 0 Å². The minimum absolute atomic E-state index is 0.147. The van der Waals surface area contributed by atoms with Crippen molar-refractivity contribution in [2.75, 3.05) is 26.2 Å². The summed E-state index contributed by atoms with van der Waals surface area (Å²) in [5.41, 5.74) is 4.10. The summed E-state index contributed by atoms with van der Waals surface area (Å²) >= 11 is 8.20. The first-order valence-corrected chi connectivity index (χ1v) is 12.7. The van der Waals surface area contributed by atoms with Crippen LogP contribution in [0.1, 0.15) is 28.4 Å². The van der Waals surface area contributed by atoms with Crippen LogP contribution in [-0.2, 0) is 12.2 Å². The van der Waals surface area contributed by atoms with E-state index in [1.54, 1.807) is 6.07 Å². The van der Waals surface area contributed by atoms with Crippen LogP contribution in [0.2, 0.25) is 5.02 Å². The Morgan fingerprint density at radius 2 is 1.82 bits per heavy atom. The molecule has 1 heterocycles. The van der Waals surface area contributed by atoms with Crippen LogP contribution < -0.4 is 10.1 Å². The number of nitriles is 1. The van der Waals surface area contributed by atoms with E-state index in [4.69, 9.17) is 16.3 Å². The molecule has 4 nitrogen and oxygen atoms in total. The van der Waals surface area contributed by atoms with Gasteiger partial charge >= 0.3 is 0 Å². The fourth-order valence-corrected chi connectivity index (χ4v) is 5.82. The van der Waals surface area contributed by atoms with E-state index in [9.17, 15) is 5.26 Å². The summed E-state index contributed by atoms with van der Waals surface area (Å²) in [5, 5.41) is 13.7. The number of nitrogens with one attached hydrogen (secondary N) is 1. The average molecular weight is 476 g/mol. The highest BCUT2D eigenvalue weighted by atomic mass is 35.5. The van der Waals surface area contributed by atoms with Crippen molar-refractivity contribution in [1.82, 2.24) is 10.2 Å². The molecule has 1 aliphatic heterocycles. The highest BCUT2D eigenvalue weighted by molar-refractivity contribution is 7.98. The number of hydrogen-bond donors (Lipinski definition) is 1. The van der Waals surface area contributed by atoms with E-state index < -0.39 is 0 Å². The molecule has 0 amide bonds. The van der Waals surface area contributed by atoms with Gasteiger partial charge in [-0.2, -0.15) is 5.26 Å². The van der Waals surface area contributed by atoms with Gasteiger partial charge in [0.05, 0.1) is 17.7 Å². The Kier molecular flexibility index (Phi) is 6.89. The molecule has 3 aromatic carbocycles. The fraction of sp³-hybridized carbons (Fsp3) is 0.296. The highest BCUT2D eigenvalue weighted by Gasteiger charge is 2.40. The molecule has 1 N–H and O–H groups in total. The zero-order valence-electron chi connectivity index (χ0n) is 18.3. The summed E-state index contributed by atoms with van der Waals surface area (Å²) in [6.07, 6.45) is 0.664. The first kappa shape index (κ1) is 22.3. The molecule has 0 spiro atoms. The third-order valence-corrected chi connectivity index (χ3v) is 7.70. The van der Waals surface area contributed by atoms with Crippen LogP contribution in [0.15, 0.2) is 71.6 Å². The molecule has 5 rings (SSSR count). The Hall–Kier alpha value is -2.49. The summed E-state index contributed by atoms with van der Waals surface area (Å²) in [6, 6.07) is 25.1. The number of hydrogen-bond acceptors (Lipinski definition) is 5. The maximum atomic E-state index is 9.69. The zero-order valence-corrected chi connectivity index (χ0v) is 19.9. The van der Waals surface area contributed by atoms with Gasteiger partial charge in [0.1, 0.15) is 11.9 Å². The molecule has 1 fully saturated rings. The summed E-state index contributed by atoms with van der Waals surface area (Å²) in [6.45, 7) is 3.89. The molecule has 33 heavy (non-hydrogen) atoms. The molecule has 2 atom stereocenters. The largest absolute Gasteiger partial charge is 0.484 e. The van der Waals surface area contributed by atoms with E-state index >= 15 is 0 Å². The van der Waals surface area contributed by atoms with E-state index in [1.165, 1.54) is 10.5 Å². The van der Waals surface area contributed by atoms with Gasteiger partial charge in [0.25, 0.3) is 0 Å². The number of piperazine rings is 1. The standard InChI is InChI=1S/C27H26ClN3OS/c28-21-14-20(17-29)24-16-26(31-12-10-30-11-13-31)27(25(24)15-21)32-22-6-8-23(9-7-22)33-18-19-4-2-1-3-5-19/h1-9,14-15,26-27,30H,10-13,16,18H2. The minimum Gasteiger partial charge on any atom is -0.484 e. The van der Waals surface area contributed by atoms with Crippen LogP contribution in [0.25, 0.3) is 0 Å². The van der Waals surface area contributed by atoms with Crippen LogP contribution in [0.3, 0.4) is 0 Å². The van der Waals surface area contributed by atoms with Crippen LogP contribution in [0.4, 0.5) is 0 Å². The number of rotatable bonds is 6. The van der Waals surface area contributed by atoms with Crippen molar-refractivity contribution >= 4 is 23.4 Å². The van der Waals surface area contributed by atoms with E-state index in [0.717, 1.165) is 55.2 Å². The minimum atomic E-state index is -0.147. The first-order chi connectivity index (χ1) is 16.2. The number of nitrogens with zero attached hydrogens (tertiary/aromatic N) is 2. The SMILES string of the molecule is N#Cc1cc(Cl)cc2c1CC(N1CCNCC1)C2Oc1ccc(SCc2ccccc2)cc1. The van der Waals surface area contributed by atoms with Gasteiger partial charge in [-0.3, -0.25) is 4.90 Å². The molecule has 2 unspecified atom stereocenters. The number of benzene rings is 3. The maximum absolute atomic E-state index is 9.69. The number of halogens is 1.